The highest BCUT2D eigenvalue weighted by Gasteiger charge is 2.27. The van der Waals surface area contributed by atoms with Crippen molar-refractivity contribution in [2.24, 2.45) is 11.8 Å². The maximum Gasteiger partial charge on any atom is 0.257 e. The van der Waals surface area contributed by atoms with Gasteiger partial charge in [0.15, 0.2) is 5.75 Å². The molecule has 18 heavy (non-hydrogen) atoms. The number of para-hydroxylation sites is 1. The number of nitrogens with zero attached hydrogens (tertiary/aromatic N) is 1. The first-order chi connectivity index (χ1) is 8.50. The SMILES string of the molecule is CC1CCN(C(=O)c2cccc(N)c2O)CC1C. The van der Waals surface area contributed by atoms with Crippen LogP contribution >= 0.6 is 0 Å². The van der Waals surface area contributed by atoms with Crippen molar-refractivity contribution in [1.82, 2.24) is 4.90 Å². The lowest BCUT2D eigenvalue weighted by molar-refractivity contribution is 0.0624. The highest BCUT2D eigenvalue weighted by Crippen LogP contribution is 2.28. The monoisotopic (exact) mass is 248 g/mol. The molecule has 3 N–H and O–H groups in total. The number of anilines is 1. The fourth-order valence-electron chi connectivity index (χ4n) is 2.35. The number of nitrogens with two attached hydrogens (primary N) is 1. The maximum absolute atomic E-state index is 12.3. The Hall–Kier alpha value is -1.71. The molecule has 1 aliphatic rings. The number of benzene rings is 1. The largest absolute Gasteiger partial charge is 0.505 e. The fraction of sp³-hybridized carbons (Fsp3) is 0.500. The van der Waals surface area contributed by atoms with E-state index < -0.39 is 0 Å². The van der Waals surface area contributed by atoms with E-state index in [0.29, 0.717) is 17.4 Å². The van der Waals surface area contributed by atoms with Gasteiger partial charge in [0.25, 0.3) is 5.91 Å². The molecule has 0 radical (unpaired) electrons. The summed E-state index contributed by atoms with van der Waals surface area (Å²) >= 11 is 0. The fourth-order valence-corrected chi connectivity index (χ4v) is 2.35. The van der Waals surface area contributed by atoms with E-state index >= 15 is 0 Å². The number of phenols is 1. The van der Waals surface area contributed by atoms with E-state index in [4.69, 9.17) is 5.73 Å². The summed E-state index contributed by atoms with van der Waals surface area (Å²) in [4.78, 5) is 14.1. The summed E-state index contributed by atoms with van der Waals surface area (Å²) in [6.45, 7) is 5.86. The molecule has 2 atom stereocenters. The van der Waals surface area contributed by atoms with E-state index in [-0.39, 0.29) is 17.3 Å². The third kappa shape index (κ3) is 2.28. The van der Waals surface area contributed by atoms with Gasteiger partial charge < -0.3 is 15.7 Å². The van der Waals surface area contributed by atoms with Gasteiger partial charge in [0.05, 0.1) is 11.3 Å². The second-order valence-electron chi connectivity index (χ2n) is 5.24. The molecule has 0 saturated carbocycles. The summed E-state index contributed by atoms with van der Waals surface area (Å²) in [6, 6.07) is 4.90. The Bertz CT molecular complexity index is 459. The van der Waals surface area contributed by atoms with Crippen molar-refractivity contribution in [2.75, 3.05) is 18.8 Å². The zero-order valence-corrected chi connectivity index (χ0v) is 10.9. The Labute approximate surface area is 107 Å². The standard InChI is InChI=1S/C14H20N2O2/c1-9-6-7-16(8-10(9)2)14(18)11-4-3-5-12(15)13(11)17/h3-5,9-10,17H,6-8,15H2,1-2H3. The van der Waals surface area contributed by atoms with Gasteiger partial charge in [-0.15, -0.1) is 0 Å². The van der Waals surface area contributed by atoms with Crippen LogP contribution in [0.2, 0.25) is 0 Å². The molecule has 0 bridgehead atoms. The van der Waals surface area contributed by atoms with Gasteiger partial charge in [0.1, 0.15) is 0 Å². The van der Waals surface area contributed by atoms with Gasteiger partial charge >= 0.3 is 0 Å². The molecule has 1 aliphatic heterocycles. The molecule has 2 unspecified atom stereocenters. The van der Waals surface area contributed by atoms with Crippen molar-refractivity contribution in [2.45, 2.75) is 20.3 Å². The first-order valence-corrected chi connectivity index (χ1v) is 6.37. The van der Waals surface area contributed by atoms with Gasteiger partial charge in [-0.05, 0) is 30.4 Å². The summed E-state index contributed by atoms with van der Waals surface area (Å²) in [5.41, 5.74) is 6.17. The molecule has 2 rings (SSSR count). The van der Waals surface area contributed by atoms with E-state index in [1.807, 2.05) is 0 Å². The number of carbonyl (C=O) groups is 1. The first kappa shape index (κ1) is 12.7. The summed E-state index contributed by atoms with van der Waals surface area (Å²) in [5, 5.41) is 9.84. The number of carbonyl (C=O) groups excluding carboxylic acids is 1. The highest BCUT2D eigenvalue weighted by atomic mass is 16.3. The van der Waals surface area contributed by atoms with Crippen molar-refractivity contribution < 1.29 is 9.90 Å². The van der Waals surface area contributed by atoms with Crippen LogP contribution in [0.4, 0.5) is 5.69 Å². The number of hydrogen-bond donors (Lipinski definition) is 2. The molecule has 1 fully saturated rings. The molecule has 0 aromatic heterocycles. The molecule has 0 aliphatic carbocycles. The Morgan fingerprint density at radius 1 is 1.39 bits per heavy atom. The van der Waals surface area contributed by atoms with E-state index in [2.05, 4.69) is 13.8 Å². The third-order valence-corrected chi connectivity index (χ3v) is 3.92. The number of amides is 1. The number of piperidine rings is 1. The van der Waals surface area contributed by atoms with Gasteiger partial charge in [-0.3, -0.25) is 4.79 Å². The second kappa shape index (κ2) is 4.88. The molecule has 1 saturated heterocycles. The molecule has 1 heterocycles. The van der Waals surface area contributed by atoms with E-state index in [9.17, 15) is 9.90 Å². The molecule has 0 spiro atoms. The zero-order chi connectivity index (χ0) is 13.3. The molecular formula is C14H20N2O2. The number of nitrogen functional groups attached to an aromatic ring is 1. The van der Waals surface area contributed by atoms with Crippen LogP contribution in [0.1, 0.15) is 30.6 Å². The lowest BCUT2D eigenvalue weighted by atomic mass is 9.88. The van der Waals surface area contributed by atoms with Crippen LogP contribution in [0, 0.1) is 11.8 Å². The number of phenolic OH excluding ortho intramolecular Hbond substituents is 1. The van der Waals surface area contributed by atoms with Gasteiger partial charge in [0, 0.05) is 13.1 Å². The number of aromatic hydroxyl groups is 1. The Morgan fingerprint density at radius 3 is 2.78 bits per heavy atom. The smallest absolute Gasteiger partial charge is 0.257 e. The quantitative estimate of drug-likeness (QED) is 0.590. The highest BCUT2D eigenvalue weighted by molar-refractivity contribution is 5.98. The lowest BCUT2D eigenvalue weighted by Crippen LogP contribution is -2.42. The van der Waals surface area contributed by atoms with E-state index in [0.717, 1.165) is 19.5 Å². The summed E-state index contributed by atoms with van der Waals surface area (Å²) in [5.74, 6) is 0.904. The summed E-state index contributed by atoms with van der Waals surface area (Å²) in [7, 11) is 0. The van der Waals surface area contributed by atoms with Crippen molar-refractivity contribution in [3.8, 4) is 5.75 Å². The van der Waals surface area contributed by atoms with Crippen molar-refractivity contribution >= 4 is 11.6 Å². The van der Waals surface area contributed by atoms with Gasteiger partial charge in [-0.25, -0.2) is 0 Å². The van der Waals surface area contributed by atoms with Crippen molar-refractivity contribution in [1.29, 1.82) is 0 Å². The maximum atomic E-state index is 12.3. The van der Waals surface area contributed by atoms with Crippen LogP contribution in [-0.4, -0.2) is 29.0 Å². The average Bonchev–Trinajstić information content (AvgIpc) is 2.35. The predicted octanol–water partition coefficient (Wildman–Crippen LogP) is 2.09. The van der Waals surface area contributed by atoms with Crippen LogP contribution in [-0.2, 0) is 0 Å². The van der Waals surface area contributed by atoms with Gasteiger partial charge in [-0.2, -0.15) is 0 Å². The summed E-state index contributed by atoms with van der Waals surface area (Å²) in [6.07, 6.45) is 1.01. The normalized spacial score (nSPS) is 24.0. The number of likely N-dealkylation sites (tertiary alicyclic amines) is 1. The van der Waals surface area contributed by atoms with E-state index in [1.54, 1.807) is 23.1 Å². The minimum atomic E-state index is -0.126. The molecule has 98 valence electrons. The van der Waals surface area contributed by atoms with Crippen LogP contribution < -0.4 is 5.73 Å². The average molecular weight is 248 g/mol. The first-order valence-electron chi connectivity index (χ1n) is 6.37. The van der Waals surface area contributed by atoms with Crippen LogP contribution in [0.25, 0.3) is 0 Å². The Morgan fingerprint density at radius 2 is 2.11 bits per heavy atom. The van der Waals surface area contributed by atoms with Gasteiger partial charge in [0.2, 0.25) is 0 Å². The molecule has 1 amide bonds. The van der Waals surface area contributed by atoms with Gasteiger partial charge in [-0.1, -0.05) is 19.9 Å². The Kier molecular flexibility index (Phi) is 3.45. The van der Waals surface area contributed by atoms with Crippen molar-refractivity contribution in [3.05, 3.63) is 23.8 Å². The number of rotatable bonds is 1. The lowest BCUT2D eigenvalue weighted by Gasteiger charge is -2.35. The zero-order valence-electron chi connectivity index (χ0n) is 10.9. The van der Waals surface area contributed by atoms with Crippen LogP contribution in [0.15, 0.2) is 18.2 Å². The van der Waals surface area contributed by atoms with E-state index in [1.165, 1.54) is 0 Å². The molecule has 4 nitrogen and oxygen atoms in total. The topological polar surface area (TPSA) is 66.6 Å². The Balaban J connectivity index is 2.19. The third-order valence-electron chi connectivity index (χ3n) is 3.92. The molecule has 4 heteroatoms. The minimum absolute atomic E-state index is 0.103. The molecule has 1 aromatic carbocycles. The minimum Gasteiger partial charge on any atom is -0.505 e. The van der Waals surface area contributed by atoms with Crippen LogP contribution in [0.5, 0.6) is 5.75 Å². The molecule has 1 aromatic rings. The number of hydrogen-bond acceptors (Lipinski definition) is 3. The second-order valence-corrected chi connectivity index (χ2v) is 5.24. The van der Waals surface area contributed by atoms with Crippen molar-refractivity contribution in [3.63, 3.8) is 0 Å². The molecular weight excluding hydrogens is 228 g/mol. The van der Waals surface area contributed by atoms with Crippen LogP contribution in [0.3, 0.4) is 0 Å². The predicted molar refractivity (Wildman–Crippen MR) is 71.4 cm³/mol. The summed E-state index contributed by atoms with van der Waals surface area (Å²) < 4.78 is 0.